The van der Waals surface area contributed by atoms with Crippen molar-refractivity contribution in [3.05, 3.63) is 0 Å². The minimum Gasteiger partial charge on any atom is -0.313 e. The number of hydrogen-bond donors (Lipinski definition) is 1. The van der Waals surface area contributed by atoms with Crippen LogP contribution in [-0.2, 0) is 9.59 Å². The van der Waals surface area contributed by atoms with Gasteiger partial charge in [-0.3, -0.25) is 14.5 Å². The van der Waals surface area contributed by atoms with Crippen molar-refractivity contribution in [3.8, 4) is 0 Å². The van der Waals surface area contributed by atoms with E-state index in [1.54, 1.807) is 11.8 Å². The van der Waals surface area contributed by atoms with Gasteiger partial charge in [0.15, 0.2) is 0 Å². The SMILES string of the molecule is CCSC1CC(=O)N(CCNC(C)C)C1=O. The first-order valence-corrected chi connectivity index (χ1v) is 6.80. The Hall–Kier alpha value is -0.550. The molecular weight excluding hydrogens is 224 g/mol. The van der Waals surface area contributed by atoms with E-state index in [2.05, 4.69) is 5.32 Å². The van der Waals surface area contributed by atoms with Gasteiger partial charge in [-0.1, -0.05) is 20.8 Å². The van der Waals surface area contributed by atoms with E-state index < -0.39 is 0 Å². The van der Waals surface area contributed by atoms with Crippen LogP contribution in [0.5, 0.6) is 0 Å². The molecule has 0 aliphatic carbocycles. The Kier molecular flexibility index (Phi) is 5.28. The molecule has 0 radical (unpaired) electrons. The lowest BCUT2D eigenvalue weighted by Gasteiger charge is -2.16. The predicted molar refractivity (Wildman–Crippen MR) is 66.4 cm³/mol. The van der Waals surface area contributed by atoms with Gasteiger partial charge in [0.2, 0.25) is 11.8 Å². The number of amides is 2. The molecule has 5 heteroatoms. The summed E-state index contributed by atoms with van der Waals surface area (Å²) in [5.74, 6) is 0.839. The van der Waals surface area contributed by atoms with Gasteiger partial charge in [-0.25, -0.2) is 0 Å². The fraction of sp³-hybridized carbons (Fsp3) is 0.818. The van der Waals surface area contributed by atoms with Gasteiger partial charge in [-0.05, 0) is 5.75 Å². The van der Waals surface area contributed by atoms with Crippen molar-refractivity contribution in [1.82, 2.24) is 10.2 Å². The number of imide groups is 1. The van der Waals surface area contributed by atoms with Crippen LogP contribution in [0, 0.1) is 0 Å². The maximum absolute atomic E-state index is 11.8. The average molecular weight is 244 g/mol. The average Bonchev–Trinajstić information content (AvgIpc) is 2.45. The zero-order valence-corrected chi connectivity index (χ0v) is 11.0. The van der Waals surface area contributed by atoms with Gasteiger partial charge in [0.05, 0.1) is 5.25 Å². The number of carbonyl (C=O) groups excluding carboxylic acids is 2. The summed E-state index contributed by atoms with van der Waals surface area (Å²) in [6.45, 7) is 7.27. The van der Waals surface area contributed by atoms with Gasteiger partial charge in [0.25, 0.3) is 0 Å². The van der Waals surface area contributed by atoms with Crippen LogP contribution in [0.1, 0.15) is 27.2 Å². The lowest BCUT2D eigenvalue weighted by Crippen LogP contribution is -2.38. The van der Waals surface area contributed by atoms with Crippen molar-refractivity contribution in [2.75, 3.05) is 18.8 Å². The lowest BCUT2D eigenvalue weighted by molar-refractivity contribution is -0.138. The lowest BCUT2D eigenvalue weighted by atomic mass is 10.4. The summed E-state index contributed by atoms with van der Waals surface area (Å²) in [5, 5.41) is 3.07. The van der Waals surface area contributed by atoms with E-state index in [4.69, 9.17) is 0 Å². The number of thioether (sulfide) groups is 1. The van der Waals surface area contributed by atoms with E-state index in [0.29, 0.717) is 25.6 Å². The van der Waals surface area contributed by atoms with Crippen molar-refractivity contribution in [3.63, 3.8) is 0 Å². The zero-order valence-electron chi connectivity index (χ0n) is 10.2. The van der Waals surface area contributed by atoms with Crippen molar-refractivity contribution in [2.24, 2.45) is 0 Å². The second-order valence-corrected chi connectivity index (χ2v) is 5.62. The highest BCUT2D eigenvalue weighted by Gasteiger charge is 2.37. The number of nitrogens with zero attached hydrogens (tertiary/aromatic N) is 1. The maximum atomic E-state index is 11.8. The first kappa shape index (κ1) is 13.5. The minimum atomic E-state index is -0.142. The van der Waals surface area contributed by atoms with Gasteiger partial charge in [0, 0.05) is 25.6 Å². The Morgan fingerprint density at radius 1 is 1.50 bits per heavy atom. The summed E-state index contributed by atoms with van der Waals surface area (Å²) < 4.78 is 0. The zero-order chi connectivity index (χ0) is 12.1. The summed E-state index contributed by atoms with van der Waals surface area (Å²) >= 11 is 1.56. The highest BCUT2D eigenvalue weighted by molar-refractivity contribution is 8.00. The summed E-state index contributed by atoms with van der Waals surface area (Å²) in [5.41, 5.74) is 0. The van der Waals surface area contributed by atoms with Crippen LogP contribution in [0.2, 0.25) is 0 Å². The Balaban J connectivity index is 2.41. The van der Waals surface area contributed by atoms with E-state index in [-0.39, 0.29) is 17.1 Å². The molecule has 92 valence electrons. The Morgan fingerprint density at radius 3 is 2.75 bits per heavy atom. The molecule has 1 atom stereocenters. The van der Waals surface area contributed by atoms with Crippen molar-refractivity contribution < 1.29 is 9.59 Å². The molecule has 4 nitrogen and oxygen atoms in total. The molecule has 16 heavy (non-hydrogen) atoms. The summed E-state index contributed by atoms with van der Waals surface area (Å²) in [7, 11) is 0. The highest BCUT2D eigenvalue weighted by atomic mass is 32.2. The van der Waals surface area contributed by atoms with Gasteiger partial charge in [-0.2, -0.15) is 0 Å². The molecule has 0 aromatic rings. The topological polar surface area (TPSA) is 49.4 Å². The molecular formula is C11H20N2O2S. The third-order valence-corrected chi connectivity index (χ3v) is 3.56. The Bertz CT molecular complexity index is 269. The van der Waals surface area contributed by atoms with Crippen LogP contribution in [0.4, 0.5) is 0 Å². The standard InChI is InChI=1S/C11H20N2O2S/c1-4-16-9-7-10(14)13(11(9)15)6-5-12-8(2)3/h8-9,12H,4-7H2,1-3H3. The van der Waals surface area contributed by atoms with Crippen LogP contribution in [0.3, 0.4) is 0 Å². The number of carbonyl (C=O) groups is 2. The number of rotatable bonds is 6. The molecule has 2 amide bonds. The van der Waals surface area contributed by atoms with Crippen molar-refractivity contribution in [2.45, 2.75) is 38.5 Å². The van der Waals surface area contributed by atoms with Crippen LogP contribution in [0.25, 0.3) is 0 Å². The van der Waals surface area contributed by atoms with E-state index >= 15 is 0 Å². The monoisotopic (exact) mass is 244 g/mol. The highest BCUT2D eigenvalue weighted by Crippen LogP contribution is 2.24. The third-order valence-electron chi connectivity index (χ3n) is 2.46. The van der Waals surface area contributed by atoms with Crippen LogP contribution in [0.15, 0.2) is 0 Å². The molecule has 0 aromatic heterocycles. The van der Waals surface area contributed by atoms with Gasteiger partial charge >= 0.3 is 0 Å². The second kappa shape index (κ2) is 6.25. The number of nitrogens with one attached hydrogen (secondary N) is 1. The molecule has 1 fully saturated rings. The second-order valence-electron chi connectivity index (χ2n) is 4.14. The maximum Gasteiger partial charge on any atom is 0.242 e. The molecule has 1 unspecified atom stereocenters. The van der Waals surface area contributed by atoms with Crippen LogP contribution >= 0.6 is 11.8 Å². The Morgan fingerprint density at radius 2 is 2.19 bits per heavy atom. The van der Waals surface area contributed by atoms with E-state index in [1.807, 2.05) is 20.8 Å². The first-order valence-electron chi connectivity index (χ1n) is 5.75. The van der Waals surface area contributed by atoms with Gasteiger partial charge < -0.3 is 5.32 Å². The van der Waals surface area contributed by atoms with E-state index in [0.717, 1.165) is 5.75 Å². The molecule has 0 aromatic carbocycles. The molecule has 1 aliphatic rings. The van der Waals surface area contributed by atoms with Crippen LogP contribution in [-0.4, -0.2) is 46.8 Å². The normalized spacial score (nSPS) is 21.2. The molecule has 1 heterocycles. The number of hydrogen-bond acceptors (Lipinski definition) is 4. The van der Waals surface area contributed by atoms with Crippen LogP contribution < -0.4 is 5.32 Å². The van der Waals surface area contributed by atoms with Gasteiger partial charge in [-0.15, -0.1) is 11.8 Å². The quantitative estimate of drug-likeness (QED) is 0.704. The van der Waals surface area contributed by atoms with Crippen molar-refractivity contribution in [1.29, 1.82) is 0 Å². The molecule has 0 bridgehead atoms. The number of likely N-dealkylation sites (tertiary alicyclic amines) is 1. The van der Waals surface area contributed by atoms with Gasteiger partial charge in [0.1, 0.15) is 0 Å². The third kappa shape index (κ3) is 3.49. The summed E-state index contributed by atoms with van der Waals surface area (Å²) in [6, 6.07) is 0.383. The van der Waals surface area contributed by atoms with E-state index in [9.17, 15) is 9.59 Å². The summed E-state index contributed by atoms with van der Waals surface area (Å²) in [4.78, 5) is 24.8. The largest absolute Gasteiger partial charge is 0.313 e. The predicted octanol–water partition coefficient (Wildman–Crippen LogP) is 0.865. The van der Waals surface area contributed by atoms with E-state index in [1.165, 1.54) is 4.90 Å². The molecule has 1 saturated heterocycles. The first-order chi connectivity index (χ1) is 7.56. The fourth-order valence-corrected chi connectivity index (χ4v) is 2.62. The molecule has 1 N–H and O–H groups in total. The molecule has 1 aliphatic heterocycles. The Labute approximate surface area is 101 Å². The minimum absolute atomic E-state index is 0.0117. The van der Waals surface area contributed by atoms with Crippen molar-refractivity contribution >= 4 is 23.6 Å². The molecule has 1 rings (SSSR count). The smallest absolute Gasteiger partial charge is 0.242 e. The molecule has 0 spiro atoms. The fourth-order valence-electron chi connectivity index (χ4n) is 1.68. The summed E-state index contributed by atoms with van der Waals surface area (Å²) in [6.07, 6.45) is 0.374. The molecule has 0 saturated carbocycles.